The number of anilines is 1. The number of carbonyl (C=O) groups excluding carboxylic acids is 1. The average Bonchev–Trinajstić information content (AvgIpc) is 3.02. The summed E-state index contributed by atoms with van der Waals surface area (Å²) < 4.78 is 10.4. The summed E-state index contributed by atoms with van der Waals surface area (Å²) in [5.41, 5.74) is 7.28. The van der Waals surface area contributed by atoms with Gasteiger partial charge in [-0.05, 0) is 24.1 Å². The Morgan fingerprint density at radius 1 is 1.30 bits per heavy atom. The molecule has 0 aliphatic rings. The Kier molecular flexibility index (Phi) is 6.19. The van der Waals surface area contributed by atoms with Crippen LogP contribution >= 0.6 is 11.3 Å². The number of amides is 2. The van der Waals surface area contributed by atoms with E-state index in [0.29, 0.717) is 36.1 Å². The third-order valence-electron chi connectivity index (χ3n) is 3.13. The first-order chi connectivity index (χ1) is 11.2. The summed E-state index contributed by atoms with van der Waals surface area (Å²) >= 11 is 1.35. The highest BCUT2D eigenvalue weighted by atomic mass is 32.1. The maximum Gasteiger partial charge on any atom is 0.321 e. The Morgan fingerprint density at radius 3 is 2.74 bits per heavy atom. The molecule has 1 aromatic carbocycles. The zero-order valence-electron chi connectivity index (χ0n) is 13.1. The van der Waals surface area contributed by atoms with Gasteiger partial charge in [-0.25, -0.2) is 9.78 Å². The second kappa shape index (κ2) is 8.35. The molecule has 2 amide bonds. The molecule has 1 heterocycles. The molecule has 0 bridgehead atoms. The van der Waals surface area contributed by atoms with E-state index in [2.05, 4.69) is 15.6 Å². The number of aromatic nitrogens is 1. The van der Waals surface area contributed by atoms with Crippen molar-refractivity contribution in [2.24, 2.45) is 5.73 Å². The van der Waals surface area contributed by atoms with Crippen molar-refractivity contribution >= 4 is 22.5 Å². The molecule has 0 unspecified atom stereocenters. The quantitative estimate of drug-likeness (QED) is 0.718. The molecule has 1 aromatic heterocycles. The molecular formula is C15H20N4O3S. The summed E-state index contributed by atoms with van der Waals surface area (Å²) in [6.45, 7) is 0.857. The van der Waals surface area contributed by atoms with Gasteiger partial charge in [0, 0.05) is 18.5 Å². The fraction of sp³-hybridized carbons (Fsp3) is 0.333. The lowest BCUT2D eigenvalue weighted by Crippen LogP contribution is -2.30. The summed E-state index contributed by atoms with van der Waals surface area (Å²) in [5, 5.41) is 7.82. The second-order valence-corrected chi connectivity index (χ2v) is 5.53. The number of hydrogen-bond acceptors (Lipinski definition) is 6. The average molecular weight is 336 g/mol. The van der Waals surface area contributed by atoms with Crippen LogP contribution in [0.1, 0.15) is 11.3 Å². The minimum Gasteiger partial charge on any atom is -0.493 e. The van der Waals surface area contributed by atoms with E-state index in [4.69, 9.17) is 15.2 Å². The molecule has 0 spiro atoms. The van der Waals surface area contributed by atoms with Crippen LogP contribution in [0.5, 0.6) is 11.5 Å². The smallest absolute Gasteiger partial charge is 0.321 e. The summed E-state index contributed by atoms with van der Waals surface area (Å²) in [6, 6.07) is 5.39. The number of methoxy groups -OCH3 is 2. The lowest BCUT2D eigenvalue weighted by molar-refractivity contribution is 0.252. The first-order valence-corrected chi connectivity index (χ1v) is 7.94. The van der Waals surface area contributed by atoms with Crippen molar-refractivity contribution in [3.05, 3.63) is 34.8 Å². The van der Waals surface area contributed by atoms with Crippen LogP contribution in [0.15, 0.2) is 23.6 Å². The molecule has 2 aromatic rings. The fourth-order valence-electron chi connectivity index (χ4n) is 1.96. The van der Waals surface area contributed by atoms with Crippen LogP contribution in [0.25, 0.3) is 0 Å². The van der Waals surface area contributed by atoms with Crippen LogP contribution < -0.4 is 25.8 Å². The molecule has 0 saturated heterocycles. The molecular weight excluding hydrogens is 316 g/mol. The highest BCUT2D eigenvalue weighted by Crippen LogP contribution is 2.27. The maximum atomic E-state index is 11.8. The Morgan fingerprint density at radius 2 is 2.09 bits per heavy atom. The second-order valence-electron chi connectivity index (χ2n) is 4.67. The monoisotopic (exact) mass is 336 g/mol. The van der Waals surface area contributed by atoms with Gasteiger partial charge >= 0.3 is 6.03 Å². The van der Waals surface area contributed by atoms with Crippen LogP contribution in [0, 0.1) is 0 Å². The lowest BCUT2D eigenvalue weighted by Gasteiger charge is -2.10. The number of benzene rings is 1. The van der Waals surface area contributed by atoms with E-state index in [0.717, 1.165) is 11.3 Å². The lowest BCUT2D eigenvalue weighted by atomic mass is 10.1. The van der Waals surface area contributed by atoms with Gasteiger partial charge in [0.25, 0.3) is 0 Å². The molecule has 8 heteroatoms. The molecule has 23 heavy (non-hydrogen) atoms. The van der Waals surface area contributed by atoms with Crippen molar-refractivity contribution in [3.8, 4) is 11.5 Å². The molecule has 0 saturated carbocycles. The predicted octanol–water partition coefficient (Wildman–Crippen LogP) is 1.98. The summed E-state index contributed by atoms with van der Waals surface area (Å²) in [6.07, 6.45) is 0.680. The fourth-order valence-corrected chi connectivity index (χ4v) is 2.67. The number of nitrogens with zero attached hydrogens (tertiary/aromatic N) is 1. The van der Waals surface area contributed by atoms with Crippen molar-refractivity contribution in [3.63, 3.8) is 0 Å². The molecule has 124 valence electrons. The van der Waals surface area contributed by atoms with E-state index in [9.17, 15) is 4.79 Å². The molecule has 0 fully saturated rings. The number of carbonyl (C=O) groups is 1. The normalized spacial score (nSPS) is 10.2. The van der Waals surface area contributed by atoms with Crippen molar-refractivity contribution < 1.29 is 14.3 Å². The van der Waals surface area contributed by atoms with Gasteiger partial charge in [-0.3, -0.25) is 5.32 Å². The van der Waals surface area contributed by atoms with Crippen LogP contribution in [0.4, 0.5) is 9.93 Å². The Balaban J connectivity index is 1.81. The topological polar surface area (TPSA) is 98.5 Å². The van der Waals surface area contributed by atoms with Gasteiger partial charge < -0.3 is 20.5 Å². The molecule has 0 radical (unpaired) electrons. The molecule has 2 rings (SSSR count). The van der Waals surface area contributed by atoms with Gasteiger partial charge in [0.2, 0.25) is 0 Å². The molecule has 0 atom stereocenters. The number of nitrogens with two attached hydrogens (primary N) is 1. The third kappa shape index (κ3) is 4.83. The van der Waals surface area contributed by atoms with E-state index in [1.165, 1.54) is 11.3 Å². The molecule has 4 N–H and O–H groups in total. The highest BCUT2D eigenvalue weighted by Gasteiger charge is 2.07. The van der Waals surface area contributed by atoms with Gasteiger partial charge in [-0.1, -0.05) is 6.07 Å². The summed E-state index contributed by atoms with van der Waals surface area (Å²) in [5.74, 6) is 1.35. The maximum absolute atomic E-state index is 11.8. The standard InChI is InChI=1S/C15H20N4O3S/c1-21-12-4-3-10(7-13(12)22-2)5-6-17-14(20)19-15-18-11(8-16)9-23-15/h3-4,7,9H,5-6,8,16H2,1-2H3,(H2,17,18,19,20). The minimum atomic E-state index is -0.289. The number of urea groups is 1. The van der Waals surface area contributed by atoms with E-state index in [1.54, 1.807) is 14.2 Å². The number of hydrogen-bond donors (Lipinski definition) is 3. The van der Waals surface area contributed by atoms with Gasteiger partial charge in [0.1, 0.15) is 0 Å². The van der Waals surface area contributed by atoms with E-state index >= 15 is 0 Å². The van der Waals surface area contributed by atoms with Gasteiger partial charge in [0.15, 0.2) is 16.6 Å². The van der Waals surface area contributed by atoms with Crippen LogP contribution in [0.3, 0.4) is 0 Å². The van der Waals surface area contributed by atoms with Crippen LogP contribution in [-0.4, -0.2) is 31.8 Å². The third-order valence-corrected chi connectivity index (χ3v) is 3.94. The number of thiazole rings is 1. The summed E-state index contributed by atoms with van der Waals surface area (Å²) in [4.78, 5) is 16.0. The molecule has 0 aliphatic carbocycles. The molecule has 0 aliphatic heterocycles. The minimum absolute atomic E-state index is 0.289. The van der Waals surface area contributed by atoms with Crippen molar-refractivity contribution in [1.29, 1.82) is 0 Å². The van der Waals surface area contributed by atoms with E-state index in [-0.39, 0.29) is 6.03 Å². The van der Waals surface area contributed by atoms with Crippen LogP contribution in [-0.2, 0) is 13.0 Å². The largest absolute Gasteiger partial charge is 0.493 e. The van der Waals surface area contributed by atoms with Crippen molar-refractivity contribution in [2.75, 3.05) is 26.1 Å². The Labute approximate surface area is 138 Å². The first kappa shape index (κ1) is 17.0. The number of rotatable bonds is 7. The van der Waals surface area contributed by atoms with Crippen molar-refractivity contribution in [2.45, 2.75) is 13.0 Å². The zero-order valence-corrected chi connectivity index (χ0v) is 13.9. The Hall–Kier alpha value is -2.32. The highest BCUT2D eigenvalue weighted by molar-refractivity contribution is 7.13. The van der Waals surface area contributed by atoms with Crippen LogP contribution in [0.2, 0.25) is 0 Å². The number of nitrogens with one attached hydrogen (secondary N) is 2. The van der Waals surface area contributed by atoms with Crippen molar-refractivity contribution in [1.82, 2.24) is 10.3 Å². The molecule has 7 nitrogen and oxygen atoms in total. The predicted molar refractivity (Wildman–Crippen MR) is 90.3 cm³/mol. The van der Waals surface area contributed by atoms with E-state index < -0.39 is 0 Å². The summed E-state index contributed by atoms with van der Waals surface area (Å²) in [7, 11) is 3.19. The van der Waals surface area contributed by atoms with Gasteiger partial charge in [-0.2, -0.15) is 0 Å². The Bertz CT molecular complexity index is 660. The van der Waals surface area contributed by atoms with Gasteiger partial charge in [-0.15, -0.1) is 11.3 Å². The number of ether oxygens (including phenoxy) is 2. The van der Waals surface area contributed by atoms with E-state index in [1.807, 2.05) is 23.6 Å². The SMILES string of the molecule is COc1ccc(CCNC(=O)Nc2nc(CN)cs2)cc1OC. The zero-order chi connectivity index (χ0) is 16.7. The van der Waals surface area contributed by atoms with Gasteiger partial charge in [0.05, 0.1) is 19.9 Å². The first-order valence-electron chi connectivity index (χ1n) is 7.06.